The summed E-state index contributed by atoms with van der Waals surface area (Å²) in [5.74, 6) is 0.198. The Kier molecular flexibility index (Phi) is 1.99. The summed E-state index contributed by atoms with van der Waals surface area (Å²) in [6.07, 6.45) is 1.49. The molecule has 0 saturated carbocycles. The third-order valence-electron chi connectivity index (χ3n) is 1.00. The standard InChI is InChI=1S/C5H7N3O2/c1-10-5(9)2-4-6-3-7-8-4/h3H,2H2,1H3,(H,6,8)/q+1. The number of hydrazone groups is 1. The SMILES string of the molecule is COC(=O)CC1=NC=[N+]N1. The number of carbonyl (C=O) groups is 1. The average Bonchev–Trinajstić information content (AvgIpc) is 2.40. The predicted molar refractivity (Wildman–Crippen MR) is 35.4 cm³/mol. The van der Waals surface area contributed by atoms with Crippen molar-refractivity contribution in [1.29, 1.82) is 0 Å². The van der Waals surface area contributed by atoms with Crippen LogP contribution in [-0.4, -0.2) is 25.3 Å². The van der Waals surface area contributed by atoms with Gasteiger partial charge in [0.25, 0.3) is 5.84 Å². The van der Waals surface area contributed by atoms with Crippen molar-refractivity contribution in [2.75, 3.05) is 7.11 Å². The lowest BCUT2D eigenvalue weighted by atomic mass is 10.4. The molecule has 1 radical (unpaired) electrons. The highest BCUT2D eigenvalue weighted by atomic mass is 16.5. The van der Waals surface area contributed by atoms with Crippen LogP contribution in [0.15, 0.2) is 4.99 Å². The van der Waals surface area contributed by atoms with E-state index in [9.17, 15) is 4.79 Å². The van der Waals surface area contributed by atoms with Gasteiger partial charge in [0.15, 0.2) is 0 Å². The molecule has 0 spiro atoms. The van der Waals surface area contributed by atoms with Crippen molar-refractivity contribution < 1.29 is 9.53 Å². The fourth-order valence-electron chi connectivity index (χ4n) is 0.525. The zero-order valence-electron chi connectivity index (χ0n) is 5.50. The number of methoxy groups -OCH3 is 1. The molecule has 0 atom stereocenters. The molecular weight excluding hydrogens is 134 g/mol. The van der Waals surface area contributed by atoms with Crippen LogP contribution in [0, 0.1) is 0 Å². The van der Waals surface area contributed by atoms with E-state index in [0.29, 0.717) is 5.84 Å². The van der Waals surface area contributed by atoms with Gasteiger partial charge in [0.2, 0.25) is 0 Å². The highest BCUT2D eigenvalue weighted by Crippen LogP contribution is 1.87. The lowest BCUT2D eigenvalue weighted by Crippen LogP contribution is -2.23. The van der Waals surface area contributed by atoms with E-state index in [2.05, 4.69) is 20.3 Å². The largest absolute Gasteiger partial charge is 0.469 e. The molecule has 0 aromatic heterocycles. The van der Waals surface area contributed by atoms with Gasteiger partial charge in [-0.15, -0.1) is 5.43 Å². The molecule has 1 N–H and O–H groups in total. The second-order valence-electron chi connectivity index (χ2n) is 1.69. The molecule has 0 aromatic rings. The maximum atomic E-state index is 10.6. The van der Waals surface area contributed by atoms with E-state index < -0.39 is 0 Å². The monoisotopic (exact) mass is 141 g/mol. The molecule has 1 aliphatic heterocycles. The van der Waals surface area contributed by atoms with Crippen LogP contribution in [0.25, 0.3) is 0 Å². The van der Waals surface area contributed by atoms with E-state index in [4.69, 9.17) is 0 Å². The highest BCUT2D eigenvalue weighted by molar-refractivity contribution is 6.01. The lowest BCUT2D eigenvalue weighted by molar-refractivity contribution is -0.139. The van der Waals surface area contributed by atoms with Gasteiger partial charge in [0, 0.05) is 0 Å². The number of aliphatic imine (C=N–C) groups is 1. The molecule has 0 aliphatic carbocycles. The molecule has 0 fully saturated rings. The van der Waals surface area contributed by atoms with Crippen molar-refractivity contribution in [1.82, 2.24) is 10.5 Å². The van der Waals surface area contributed by atoms with Crippen LogP contribution in [0.3, 0.4) is 0 Å². The van der Waals surface area contributed by atoms with E-state index in [0.717, 1.165) is 0 Å². The summed E-state index contributed by atoms with van der Waals surface area (Å²) in [5.41, 5.74) is 2.54. The molecule has 0 saturated heterocycles. The number of ether oxygens (including phenoxy) is 1. The normalized spacial score (nSPS) is 14.3. The second-order valence-corrected chi connectivity index (χ2v) is 1.69. The Labute approximate surface area is 57.8 Å². The van der Waals surface area contributed by atoms with Gasteiger partial charge in [-0.1, -0.05) is 0 Å². The smallest absolute Gasteiger partial charge is 0.354 e. The molecule has 0 aromatic carbocycles. The van der Waals surface area contributed by atoms with Crippen molar-refractivity contribution in [3.8, 4) is 0 Å². The van der Waals surface area contributed by atoms with Gasteiger partial charge in [-0.2, -0.15) is 0 Å². The van der Waals surface area contributed by atoms with Crippen molar-refractivity contribution in [2.45, 2.75) is 6.42 Å². The Morgan fingerprint density at radius 2 is 2.80 bits per heavy atom. The van der Waals surface area contributed by atoms with E-state index in [1.807, 2.05) is 0 Å². The number of nitrogens with zero attached hydrogens (tertiary/aromatic N) is 2. The third kappa shape index (κ3) is 1.54. The molecule has 1 heterocycles. The van der Waals surface area contributed by atoms with Gasteiger partial charge < -0.3 is 4.74 Å². The third-order valence-corrected chi connectivity index (χ3v) is 1.00. The number of hydrogen-bond donors (Lipinski definition) is 1. The molecule has 0 unspecified atom stereocenters. The summed E-state index contributed by atoms with van der Waals surface area (Å²) in [7, 11) is 1.33. The summed E-state index contributed by atoms with van der Waals surface area (Å²) < 4.78 is 4.40. The summed E-state index contributed by atoms with van der Waals surface area (Å²) in [6, 6.07) is 0. The molecular formula is C5H7N3O2+. The van der Waals surface area contributed by atoms with Crippen LogP contribution in [0.5, 0.6) is 0 Å². The topological polar surface area (TPSA) is 64.8 Å². The Balaban J connectivity index is 2.33. The van der Waals surface area contributed by atoms with E-state index in [-0.39, 0.29) is 12.4 Å². The Morgan fingerprint density at radius 3 is 3.30 bits per heavy atom. The van der Waals surface area contributed by atoms with E-state index in [1.54, 1.807) is 0 Å². The molecule has 53 valence electrons. The number of amidine groups is 1. The van der Waals surface area contributed by atoms with Gasteiger partial charge in [0.1, 0.15) is 6.42 Å². The van der Waals surface area contributed by atoms with E-state index >= 15 is 0 Å². The molecule has 0 amide bonds. The summed E-state index contributed by atoms with van der Waals surface area (Å²) in [4.78, 5) is 14.3. The molecule has 10 heavy (non-hydrogen) atoms. The van der Waals surface area contributed by atoms with Crippen molar-refractivity contribution in [2.24, 2.45) is 4.99 Å². The Morgan fingerprint density at radius 1 is 2.00 bits per heavy atom. The average molecular weight is 141 g/mol. The van der Waals surface area contributed by atoms with Gasteiger partial charge >= 0.3 is 12.3 Å². The predicted octanol–water partition coefficient (Wildman–Crippen LogP) is -1.17. The number of carbonyl (C=O) groups excluding carboxylic acids is 1. The maximum absolute atomic E-state index is 10.6. The van der Waals surface area contributed by atoms with Gasteiger partial charge in [-0.05, 0) is 4.99 Å². The lowest BCUT2D eigenvalue weighted by Gasteiger charge is -1.91. The van der Waals surface area contributed by atoms with Crippen LogP contribution in [0.4, 0.5) is 0 Å². The number of hydrogen-bond acceptors (Lipinski definition) is 5. The second kappa shape index (κ2) is 2.95. The number of rotatable bonds is 2. The first-order valence-electron chi connectivity index (χ1n) is 2.74. The first kappa shape index (κ1) is 6.73. The molecule has 1 rings (SSSR count). The van der Waals surface area contributed by atoms with Gasteiger partial charge in [-0.25, -0.2) is 0 Å². The summed E-state index contributed by atoms with van der Waals surface area (Å²) in [5, 5.41) is 3.57. The fourth-order valence-corrected chi connectivity index (χ4v) is 0.525. The van der Waals surface area contributed by atoms with Gasteiger partial charge in [0.05, 0.1) is 12.2 Å². The molecule has 5 nitrogen and oxygen atoms in total. The Bertz CT molecular complexity index is 197. The van der Waals surface area contributed by atoms with Crippen LogP contribution in [0.1, 0.15) is 6.42 Å². The summed E-state index contributed by atoms with van der Waals surface area (Å²) in [6.45, 7) is 0. The minimum absolute atomic E-state index is 0.149. The van der Waals surface area contributed by atoms with Gasteiger partial charge in [-0.3, -0.25) is 4.79 Å². The maximum Gasteiger partial charge on any atom is 0.354 e. The fraction of sp³-hybridized carbons (Fsp3) is 0.400. The zero-order chi connectivity index (χ0) is 7.40. The van der Waals surface area contributed by atoms with Crippen LogP contribution in [0.2, 0.25) is 0 Å². The van der Waals surface area contributed by atoms with Crippen LogP contribution in [-0.2, 0) is 9.53 Å². The van der Waals surface area contributed by atoms with Crippen molar-refractivity contribution in [3.05, 3.63) is 0 Å². The minimum Gasteiger partial charge on any atom is -0.469 e. The zero-order valence-corrected chi connectivity index (χ0v) is 5.50. The number of nitrogens with one attached hydrogen (secondary N) is 1. The quantitative estimate of drug-likeness (QED) is 0.493. The van der Waals surface area contributed by atoms with Crippen molar-refractivity contribution in [3.63, 3.8) is 0 Å². The minimum atomic E-state index is -0.322. The first-order chi connectivity index (χ1) is 4.83. The first-order valence-corrected chi connectivity index (χ1v) is 2.74. The summed E-state index contributed by atoms with van der Waals surface area (Å²) >= 11 is 0. The van der Waals surface area contributed by atoms with Crippen LogP contribution < -0.4 is 10.5 Å². The Hall–Kier alpha value is -1.39. The van der Waals surface area contributed by atoms with Crippen LogP contribution >= 0.6 is 0 Å². The number of esters is 1. The van der Waals surface area contributed by atoms with Crippen molar-refractivity contribution >= 4 is 18.1 Å². The molecule has 5 heteroatoms. The molecule has 1 aliphatic rings. The molecule has 0 bridgehead atoms. The van der Waals surface area contributed by atoms with E-state index in [1.165, 1.54) is 13.4 Å². The highest BCUT2D eigenvalue weighted by Gasteiger charge is 2.16.